The molecular formula is C13H19ClN4. The monoisotopic (exact) mass is 266 g/mol. The summed E-state index contributed by atoms with van der Waals surface area (Å²) in [5.74, 6) is 1.64. The highest BCUT2D eigenvalue weighted by atomic mass is 35.5. The maximum atomic E-state index is 6.00. The molecule has 98 valence electrons. The van der Waals surface area contributed by atoms with Gasteiger partial charge in [0.25, 0.3) is 0 Å². The van der Waals surface area contributed by atoms with Gasteiger partial charge in [0.1, 0.15) is 0 Å². The van der Waals surface area contributed by atoms with E-state index >= 15 is 0 Å². The second kappa shape index (κ2) is 4.92. The number of hydrogen-bond acceptors (Lipinski definition) is 4. The van der Waals surface area contributed by atoms with Gasteiger partial charge in [0, 0.05) is 12.6 Å². The topological polar surface area (TPSA) is 55.0 Å². The van der Waals surface area contributed by atoms with Crippen molar-refractivity contribution in [2.75, 3.05) is 17.2 Å². The molecule has 5 heteroatoms. The van der Waals surface area contributed by atoms with Crippen molar-refractivity contribution in [3.63, 3.8) is 0 Å². The Hall–Kier alpha value is -1.03. The third-order valence-electron chi connectivity index (χ3n) is 4.28. The van der Waals surface area contributed by atoms with Crippen LogP contribution in [0.25, 0.3) is 0 Å². The molecule has 1 aliphatic carbocycles. The van der Waals surface area contributed by atoms with Crippen LogP contribution in [0.1, 0.15) is 38.5 Å². The third-order valence-corrected chi connectivity index (χ3v) is 4.46. The Bertz CT molecular complexity index is 431. The lowest BCUT2D eigenvalue weighted by atomic mass is 9.96. The Labute approximate surface area is 113 Å². The summed E-state index contributed by atoms with van der Waals surface area (Å²) in [5.41, 5.74) is 6.65. The minimum Gasteiger partial charge on any atom is -0.394 e. The Morgan fingerprint density at radius 1 is 1.22 bits per heavy atom. The molecule has 1 aliphatic heterocycles. The largest absolute Gasteiger partial charge is 0.394 e. The minimum atomic E-state index is 0.288. The zero-order valence-corrected chi connectivity index (χ0v) is 11.2. The van der Waals surface area contributed by atoms with E-state index in [-0.39, 0.29) is 5.28 Å². The number of nitrogens with two attached hydrogens (primary N) is 1. The van der Waals surface area contributed by atoms with Crippen molar-refractivity contribution in [2.45, 2.75) is 44.6 Å². The first-order valence-electron chi connectivity index (χ1n) is 6.80. The Balaban J connectivity index is 1.87. The number of nitrogens with zero attached hydrogens (tertiary/aromatic N) is 3. The molecule has 0 bridgehead atoms. The van der Waals surface area contributed by atoms with E-state index in [1.54, 1.807) is 6.20 Å². The van der Waals surface area contributed by atoms with Crippen LogP contribution >= 0.6 is 11.6 Å². The Morgan fingerprint density at radius 3 is 2.78 bits per heavy atom. The molecule has 0 spiro atoms. The molecule has 1 unspecified atom stereocenters. The fourth-order valence-electron chi connectivity index (χ4n) is 3.48. The van der Waals surface area contributed by atoms with Crippen molar-refractivity contribution >= 4 is 23.1 Å². The number of anilines is 2. The van der Waals surface area contributed by atoms with Gasteiger partial charge in [-0.15, -0.1) is 0 Å². The van der Waals surface area contributed by atoms with E-state index in [1.807, 2.05) is 0 Å². The quantitative estimate of drug-likeness (QED) is 0.837. The highest BCUT2D eigenvalue weighted by Crippen LogP contribution is 2.38. The van der Waals surface area contributed by atoms with Crippen LogP contribution in [-0.4, -0.2) is 22.6 Å². The van der Waals surface area contributed by atoms with Gasteiger partial charge in [-0.1, -0.05) is 12.8 Å². The van der Waals surface area contributed by atoms with Crippen molar-refractivity contribution in [3.05, 3.63) is 11.5 Å². The second-order valence-electron chi connectivity index (χ2n) is 5.37. The number of rotatable bonds is 2. The van der Waals surface area contributed by atoms with E-state index in [4.69, 9.17) is 17.3 Å². The predicted octanol–water partition coefficient (Wildman–Crippen LogP) is 2.87. The summed E-state index contributed by atoms with van der Waals surface area (Å²) < 4.78 is 0. The fraction of sp³-hybridized carbons (Fsp3) is 0.692. The molecule has 1 atom stereocenters. The van der Waals surface area contributed by atoms with Crippen LogP contribution in [0.3, 0.4) is 0 Å². The van der Waals surface area contributed by atoms with Gasteiger partial charge in [0.15, 0.2) is 5.82 Å². The van der Waals surface area contributed by atoms with Crippen LogP contribution in [0.2, 0.25) is 5.28 Å². The molecule has 1 aromatic heterocycles. The van der Waals surface area contributed by atoms with E-state index in [9.17, 15) is 0 Å². The smallest absolute Gasteiger partial charge is 0.224 e. The standard InChI is InChI=1S/C13H19ClN4/c14-13-16-8-10(15)12(17-13)18-7-3-6-11(18)9-4-1-2-5-9/h8-9,11H,1-7,15H2. The van der Waals surface area contributed by atoms with Gasteiger partial charge < -0.3 is 10.6 Å². The number of hydrogen-bond donors (Lipinski definition) is 1. The predicted molar refractivity (Wildman–Crippen MR) is 73.8 cm³/mol. The van der Waals surface area contributed by atoms with Crippen LogP contribution in [0.4, 0.5) is 11.5 Å². The van der Waals surface area contributed by atoms with Gasteiger partial charge in [-0.05, 0) is 43.2 Å². The van der Waals surface area contributed by atoms with Gasteiger partial charge in [0.2, 0.25) is 5.28 Å². The third kappa shape index (κ3) is 2.14. The minimum absolute atomic E-state index is 0.288. The maximum absolute atomic E-state index is 6.00. The highest BCUT2D eigenvalue weighted by Gasteiger charge is 2.34. The van der Waals surface area contributed by atoms with E-state index in [0.29, 0.717) is 11.7 Å². The van der Waals surface area contributed by atoms with Crippen LogP contribution < -0.4 is 10.6 Å². The summed E-state index contributed by atoms with van der Waals surface area (Å²) in [7, 11) is 0. The summed E-state index contributed by atoms with van der Waals surface area (Å²) in [4.78, 5) is 10.6. The first-order chi connectivity index (χ1) is 8.75. The number of aromatic nitrogens is 2. The molecule has 1 saturated carbocycles. The van der Waals surface area contributed by atoms with Crippen molar-refractivity contribution in [1.82, 2.24) is 9.97 Å². The van der Waals surface area contributed by atoms with E-state index in [1.165, 1.54) is 38.5 Å². The molecule has 4 nitrogen and oxygen atoms in total. The summed E-state index contributed by atoms with van der Waals surface area (Å²) >= 11 is 5.90. The summed E-state index contributed by atoms with van der Waals surface area (Å²) in [6.07, 6.45) is 9.53. The summed E-state index contributed by atoms with van der Waals surface area (Å²) in [6, 6.07) is 0.598. The molecule has 1 aromatic rings. The van der Waals surface area contributed by atoms with Crippen molar-refractivity contribution in [3.8, 4) is 0 Å². The molecule has 2 fully saturated rings. The highest BCUT2D eigenvalue weighted by molar-refractivity contribution is 6.28. The molecular weight excluding hydrogens is 248 g/mol. The molecule has 0 aromatic carbocycles. The zero-order chi connectivity index (χ0) is 12.5. The fourth-order valence-corrected chi connectivity index (χ4v) is 3.61. The van der Waals surface area contributed by atoms with Crippen molar-refractivity contribution < 1.29 is 0 Å². The molecule has 2 heterocycles. The second-order valence-corrected chi connectivity index (χ2v) is 5.70. The first-order valence-corrected chi connectivity index (χ1v) is 7.18. The Kier molecular flexibility index (Phi) is 3.29. The van der Waals surface area contributed by atoms with Crippen LogP contribution in [0, 0.1) is 5.92 Å². The van der Waals surface area contributed by atoms with Crippen LogP contribution in [-0.2, 0) is 0 Å². The van der Waals surface area contributed by atoms with Gasteiger partial charge >= 0.3 is 0 Å². The van der Waals surface area contributed by atoms with Gasteiger partial charge in [-0.2, -0.15) is 4.98 Å². The molecule has 0 radical (unpaired) electrons. The first kappa shape index (κ1) is 12.0. The molecule has 18 heavy (non-hydrogen) atoms. The van der Waals surface area contributed by atoms with Crippen LogP contribution in [0.5, 0.6) is 0 Å². The SMILES string of the molecule is Nc1cnc(Cl)nc1N1CCCC1C1CCCC1. The lowest BCUT2D eigenvalue weighted by Crippen LogP contribution is -2.35. The normalized spacial score (nSPS) is 24.9. The molecule has 1 saturated heterocycles. The van der Waals surface area contributed by atoms with Crippen molar-refractivity contribution in [1.29, 1.82) is 0 Å². The lowest BCUT2D eigenvalue weighted by molar-refractivity contribution is 0.429. The number of halogens is 1. The van der Waals surface area contributed by atoms with E-state index in [0.717, 1.165) is 18.3 Å². The van der Waals surface area contributed by atoms with E-state index < -0.39 is 0 Å². The van der Waals surface area contributed by atoms with Gasteiger partial charge in [0.05, 0.1) is 11.9 Å². The average molecular weight is 267 g/mol. The Morgan fingerprint density at radius 2 is 2.00 bits per heavy atom. The summed E-state index contributed by atoms with van der Waals surface area (Å²) in [5, 5.41) is 0.288. The molecule has 2 N–H and O–H groups in total. The van der Waals surface area contributed by atoms with Gasteiger partial charge in [-0.3, -0.25) is 0 Å². The molecule has 0 amide bonds. The molecule has 2 aliphatic rings. The molecule has 3 rings (SSSR count). The van der Waals surface area contributed by atoms with E-state index in [2.05, 4.69) is 14.9 Å². The number of nitrogen functional groups attached to an aromatic ring is 1. The maximum Gasteiger partial charge on any atom is 0.224 e. The van der Waals surface area contributed by atoms with Gasteiger partial charge in [-0.25, -0.2) is 4.98 Å². The summed E-state index contributed by atoms with van der Waals surface area (Å²) in [6.45, 7) is 1.04. The average Bonchev–Trinajstić information content (AvgIpc) is 3.00. The zero-order valence-electron chi connectivity index (χ0n) is 10.5. The van der Waals surface area contributed by atoms with Crippen molar-refractivity contribution in [2.24, 2.45) is 5.92 Å². The van der Waals surface area contributed by atoms with Crippen LogP contribution in [0.15, 0.2) is 6.20 Å². The lowest BCUT2D eigenvalue weighted by Gasteiger charge is -2.31.